The van der Waals surface area contributed by atoms with Crippen molar-refractivity contribution in [3.8, 4) is 11.5 Å². The van der Waals surface area contributed by atoms with E-state index >= 15 is 0 Å². The highest BCUT2D eigenvalue weighted by atomic mass is 16.5. The van der Waals surface area contributed by atoms with E-state index in [2.05, 4.69) is 6.92 Å². The molecule has 1 aromatic carbocycles. The van der Waals surface area contributed by atoms with E-state index in [-0.39, 0.29) is 17.9 Å². The summed E-state index contributed by atoms with van der Waals surface area (Å²) in [6.07, 6.45) is 10.2. The van der Waals surface area contributed by atoms with E-state index in [1.54, 1.807) is 24.3 Å². The maximum absolute atomic E-state index is 12.4. The van der Waals surface area contributed by atoms with E-state index < -0.39 is 0 Å². The zero-order valence-corrected chi connectivity index (χ0v) is 18.2. The van der Waals surface area contributed by atoms with Crippen molar-refractivity contribution in [3.63, 3.8) is 0 Å². The number of hydrogen-bond donors (Lipinski definition) is 0. The minimum absolute atomic E-state index is 0.0134. The molecule has 0 atom stereocenters. The number of ether oxygens (including phenoxy) is 2. The van der Waals surface area contributed by atoms with E-state index in [9.17, 15) is 9.59 Å². The molecule has 0 N–H and O–H groups in total. The maximum atomic E-state index is 12.4. The first-order chi connectivity index (χ1) is 13.6. The Morgan fingerprint density at radius 1 is 0.857 bits per heavy atom. The Morgan fingerprint density at radius 3 is 1.93 bits per heavy atom. The van der Waals surface area contributed by atoms with Gasteiger partial charge in [-0.05, 0) is 62.3 Å². The average Bonchev–Trinajstić information content (AvgIpc) is 2.74. The molecule has 4 heteroatoms. The summed E-state index contributed by atoms with van der Waals surface area (Å²) in [4.78, 5) is 24.0. The predicted octanol–water partition coefficient (Wildman–Crippen LogP) is 6.71. The average molecular weight is 391 g/mol. The third-order valence-corrected chi connectivity index (χ3v) is 5.15. The van der Waals surface area contributed by atoms with Gasteiger partial charge in [0.05, 0.1) is 5.92 Å². The highest BCUT2D eigenvalue weighted by Crippen LogP contribution is 2.33. The topological polar surface area (TPSA) is 52.6 Å². The zero-order chi connectivity index (χ0) is 20.8. The SMILES string of the molecule is CC.CCCCC(=O)Oc1ccc(OC(=O)C2CCC(CCCC)CC2)cc1. The molecule has 0 amide bonds. The first-order valence-corrected chi connectivity index (χ1v) is 11.1. The second-order valence-corrected chi connectivity index (χ2v) is 7.33. The van der Waals surface area contributed by atoms with Crippen LogP contribution in [0.1, 0.15) is 91.9 Å². The number of carbonyl (C=O) groups is 2. The second-order valence-electron chi connectivity index (χ2n) is 7.33. The molecule has 0 aliphatic heterocycles. The molecule has 1 saturated carbocycles. The fraction of sp³-hybridized carbons (Fsp3) is 0.667. The van der Waals surface area contributed by atoms with Crippen molar-refractivity contribution in [2.24, 2.45) is 11.8 Å². The molecule has 0 saturated heterocycles. The molecule has 1 aliphatic carbocycles. The van der Waals surface area contributed by atoms with E-state index in [1.807, 2.05) is 20.8 Å². The van der Waals surface area contributed by atoms with Gasteiger partial charge in [0.25, 0.3) is 0 Å². The van der Waals surface area contributed by atoms with Crippen molar-refractivity contribution >= 4 is 11.9 Å². The van der Waals surface area contributed by atoms with Crippen molar-refractivity contribution in [1.82, 2.24) is 0 Å². The monoisotopic (exact) mass is 390 g/mol. The van der Waals surface area contributed by atoms with Gasteiger partial charge >= 0.3 is 11.9 Å². The third kappa shape index (κ3) is 8.90. The van der Waals surface area contributed by atoms with Crippen LogP contribution in [0.2, 0.25) is 0 Å². The number of benzene rings is 1. The second kappa shape index (κ2) is 14.2. The first-order valence-electron chi connectivity index (χ1n) is 11.1. The van der Waals surface area contributed by atoms with Gasteiger partial charge in [-0.3, -0.25) is 9.59 Å². The van der Waals surface area contributed by atoms with Crippen LogP contribution in [-0.4, -0.2) is 11.9 Å². The lowest BCUT2D eigenvalue weighted by Crippen LogP contribution is -2.25. The highest BCUT2D eigenvalue weighted by Gasteiger charge is 2.27. The van der Waals surface area contributed by atoms with Crippen molar-refractivity contribution in [2.45, 2.75) is 91.9 Å². The standard InChI is InChI=1S/C22H32O4.C2H6/c1-3-5-7-17-9-11-18(12-10-17)22(24)26-20-15-13-19(14-16-20)25-21(23)8-6-4-2;1-2/h13-18H,3-12H2,1-2H3;1-2H3. The zero-order valence-electron chi connectivity index (χ0n) is 18.2. The lowest BCUT2D eigenvalue weighted by molar-refractivity contribution is -0.140. The van der Waals surface area contributed by atoms with Gasteiger partial charge in [0.15, 0.2) is 0 Å². The van der Waals surface area contributed by atoms with Crippen LogP contribution in [0.3, 0.4) is 0 Å². The van der Waals surface area contributed by atoms with Gasteiger partial charge in [-0.2, -0.15) is 0 Å². The van der Waals surface area contributed by atoms with Crippen molar-refractivity contribution in [3.05, 3.63) is 24.3 Å². The summed E-state index contributed by atoms with van der Waals surface area (Å²) in [6.45, 7) is 8.26. The van der Waals surface area contributed by atoms with Crippen LogP contribution in [0.15, 0.2) is 24.3 Å². The first kappa shape index (κ1) is 24.2. The molecule has 1 aromatic rings. The van der Waals surface area contributed by atoms with Crippen LogP contribution in [0.25, 0.3) is 0 Å². The molecule has 1 aliphatic rings. The van der Waals surface area contributed by atoms with Gasteiger partial charge in [-0.25, -0.2) is 0 Å². The minimum Gasteiger partial charge on any atom is -0.427 e. The van der Waals surface area contributed by atoms with Crippen LogP contribution in [-0.2, 0) is 9.59 Å². The Labute approximate surface area is 171 Å². The molecule has 0 bridgehead atoms. The van der Waals surface area contributed by atoms with Crippen LogP contribution in [0, 0.1) is 11.8 Å². The van der Waals surface area contributed by atoms with Crippen LogP contribution >= 0.6 is 0 Å². The number of carbonyl (C=O) groups excluding carboxylic acids is 2. The highest BCUT2D eigenvalue weighted by molar-refractivity contribution is 5.75. The fourth-order valence-corrected chi connectivity index (χ4v) is 3.46. The Balaban J connectivity index is 0.00000190. The van der Waals surface area contributed by atoms with Gasteiger partial charge in [0.2, 0.25) is 0 Å². The molecular formula is C24H38O4. The van der Waals surface area contributed by atoms with Crippen LogP contribution in [0.5, 0.6) is 11.5 Å². The molecule has 158 valence electrons. The number of hydrogen-bond acceptors (Lipinski definition) is 4. The number of esters is 2. The lowest BCUT2D eigenvalue weighted by Gasteiger charge is -2.27. The van der Waals surface area contributed by atoms with Crippen LogP contribution in [0.4, 0.5) is 0 Å². The van der Waals surface area contributed by atoms with Gasteiger partial charge in [0.1, 0.15) is 11.5 Å². The van der Waals surface area contributed by atoms with Gasteiger partial charge in [-0.1, -0.05) is 53.4 Å². The van der Waals surface area contributed by atoms with Gasteiger partial charge < -0.3 is 9.47 Å². The van der Waals surface area contributed by atoms with E-state index in [0.29, 0.717) is 17.9 Å². The summed E-state index contributed by atoms with van der Waals surface area (Å²) in [5, 5.41) is 0. The molecule has 0 spiro atoms. The summed E-state index contributed by atoms with van der Waals surface area (Å²) in [5.74, 6) is 1.43. The Hall–Kier alpha value is -1.84. The van der Waals surface area contributed by atoms with E-state index in [1.165, 1.54) is 19.3 Å². The van der Waals surface area contributed by atoms with Gasteiger partial charge in [-0.15, -0.1) is 0 Å². The fourth-order valence-electron chi connectivity index (χ4n) is 3.46. The molecule has 0 radical (unpaired) electrons. The molecule has 0 heterocycles. The van der Waals surface area contributed by atoms with Crippen molar-refractivity contribution < 1.29 is 19.1 Å². The predicted molar refractivity (Wildman–Crippen MR) is 114 cm³/mol. The summed E-state index contributed by atoms with van der Waals surface area (Å²) in [7, 11) is 0. The summed E-state index contributed by atoms with van der Waals surface area (Å²) >= 11 is 0. The van der Waals surface area contributed by atoms with E-state index in [0.717, 1.165) is 44.4 Å². The third-order valence-electron chi connectivity index (χ3n) is 5.15. The summed E-state index contributed by atoms with van der Waals surface area (Å²) in [6, 6.07) is 6.72. The normalized spacial score (nSPS) is 18.6. The van der Waals surface area contributed by atoms with Crippen molar-refractivity contribution in [1.29, 1.82) is 0 Å². The molecule has 2 rings (SSSR count). The molecule has 28 heavy (non-hydrogen) atoms. The minimum atomic E-state index is -0.226. The van der Waals surface area contributed by atoms with Gasteiger partial charge in [0, 0.05) is 6.42 Å². The lowest BCUT2D eigenvalue weighted by atomic mass is 9.80. The largest absolute Gasteiger partial charge is 0.427 e. The Kier molecular flexibility index (Phi) is 12.3. The number of rotatable bonds is 9. The Bertz CT molecular complexity index is 556. The molecule has 1 fully saturated rings. The molecule has 0 aromatic heterocycles. The molecular weight excluding hydrogens is 352 g/mol. The molecule has 0 unspecified atom stereocenters. The molecule has 4 nitrogen and oxygen atoms in total. The smallest absolute Gasteiger partial charge is 0.314 e. The van der Waals surface area contributed by atoms with Crippen molar-refractivity contribution in [2.75, 3.05) is 0 Å². The number of unbranched alkanes of at least 4 members (excludes halogenated alkanes) is 2. The quantitative estimate of drug-likeness (QED) is 0.347. The summed E-state index contributed by atoms with van der Waals surface area (Å²) < 4.78 is 10.8. The summed E-state index contributed by atoms with van der Waals surface area (Å²) in [5.41, 5.74) is 0. The van der Waals surface area contributed by atoms with Crippen LogP contribution < -0.4 is 9.47 Å². The van der Waals surface area contributed by atoms with E-state index in [4.69, 9.17) is 9.47 Å². The maximum Gasteiger partial charge on any atom is 0.314 e. The Morgan fingerprint density at radius 2 is 1.39 bits per heavy atom.